The molecule has 0 heterocycles. The van der Waals surface area contributed by atoms with Crippen molar-refractivity contribution in [1.29, 1.82) is 0 Å². The fourth-order valence-corrected chi connectivity index (χ4v) is 2.78. The van der Waals surface area contributed by atoms with E-state index in [1.54, 1.807) is 0 Å². The summed E-state index contributed by atoms with van der Waals surface area (Å²) in [5.74, 6) is -0.977. The molecule has 1 unspecified atom stereocenters. The van der Waals surface area contributed by atoms with Gasteiger partial charge in [0.05, 0.1) is 0 Å². The SMILES string of the molecule is CC1(C)CCCC1(N)Cc1c(F)cccc1F. The molecule has 2 N–H and O–H groups in total. The van der Waals surface area contributed by atoms with E-state index in [0.29, 0.717) is 0 Å². The summed E-state index contributed by atoms with van der Waals surface area (Å²) in [5, 5.41) is 0. The number of halogens is 2. The molecule has 1 aliphatic rings. The van der Waals surface area contributed by atoms with Crippen molar-refractivity contribution < 1.29 is 8.78 Å². The van der Waals surface area contributed by atoms with Crippen LogP contribution in [0.1, 0.15) is 38.7 Å². The third-order valence-corrected chi connectivity index (χ3v) is 4.33. The van der Waals surface area contributed by atoms with Crippen molar-refractivity contribution >= 4 is 0 Å². The smallest absolute Gasteiger partial charge is 0.129 e. The highest BCUT2D eigenvalue weighted by Gasteiger charge is 2.46. The van der Waals surface area contributed by atoms with Gasteiger partial charge in [0.1, 0.15) is 11.6 Å². The topological polar surface area (TPSA) is 26.0 Å². The largest absolute Gasteiger partial charge is 0.324 e. The molecular weight excluding hydrogens is 220 g/mol. The van der Waals surface area contributed by atoms with Crippen LogP contribution in [0.5, 0.6) is 0 Å². The Kier molecular flexibility index (Phi) is 2.98. The highest BCUT2D eigenvalue weighted by molar-refractivity contribution is 5.24. The summed E-state index contributed by atoms with van der Waals surface area (Å²) >= 11 is 0. The molecule has 0 spiro atoms. The van der Waals surface area contributed by atoms with Crippen molar-refractivity contribution in [1.82, 2.24) is 0 Å². The van der Waals surface area contributed by atoms with E-state index in [-0.39, 0.29) is 17.4 Å². The Labute approximate surface area is 101 Å². The van der Waals surface area contributed by atoms with Crippen LogP contribution in [-0.2, 0) is 6.42 Å². The van der Waals surface area contributed by atoms with E-state index in [4.69, 9.17) is 5.73 Å². The molecule has 1 saturated carbocycles. The van der Waals surface area contributed by atoms with Crippen LogP contribution in [0.4, 0.5) is 8.78 Å². The quantitative estimate of drug-likeness (QED) is 0.840. The standard InChI is InChI=1S/C14H19F2N/c1-13(2)7-4-8-14(13,17)9-10-11(15)5-3-6-12(10)16/h3,5-6H,4,7-9,17H2,1-2H3. The third kappa shape index (κ3) is 2.08. The van der Waals surface area contributed by atoms with Crippen LogP contribution in [0, 0.1) is 17.0 Å². The van der Waals surface area contributed by atoms with Crippen molar-refractivity contribution in [2.75, 3.05) is 0 Å². The average Bonchev–Trinajstić information content (AvgIpc) is 2.48. The maximum Gasteiger partial charge on any atom is 0.129 e. The summed E-state index contributed by atoms with van der Waals surface area (Å²) in [5.41, 5.74) is 5.93. The van der Waals surface area contributed by atoms with Crippen molar-refractivity contribution in [3.05, 3.63) is 35.4 Å². The Balaban J connectivity index is 2.33. The molecule has 0 aromatic heterocycles. The van der Waals surface area contributed by atoms with Gasteiger partial charge in [0, 0.05) is 11.1 Å². The minimum Gasteiger partial charge on any atom is -0.324 e. The third-order valence-electron chi connectivity index (χ3n) is 4.33. The van der Waals surface area contributed by atoms with Gasteiger partial charge in [-0.2, -0.15) is 0 Å². The summed E-state index contributed by atoms with van der Waals surface area (Å²) < 4.78 is 27.3. The summed E-state index contributed by atoms with van der Waals surface area (Å²) in [4.78, 5) is 0. The number of benzene rings is 1. The van der Waals surface area contributed by atoms with Gasteiger partial charge in [0.25, 0.3) is 0 Å². The second kappa shape index (κ2) is 4.05. The van der Waals surface area contributed by atoms with Gasteiger partial charge in [-0.3, -0.25) is 0 Å². The van der Waals surface area contributed by atoms with E-state index < -0.39 is 17.2 Å². The van der Waals surface area contributed by atoms with Gasteiger partial charge in [-0.1, -0.05) is 26.3 Å². The predicted octanol–water partition coefficient (Wildman–Crippen LogP) is 3.41. The van der Waals surface area contributed by atoms with Crippen LogP contribution in [0.3, 0.4) is 0 Å². The molecule has 1 aromatic rings. The van der Waals surface area contributed by atoms with E-state index in [1.165, 1.54) is 18.2 Å². The van der Waals surface area contributed by atoms with Gasteiger partial charge in [-0.25, -0.2) is 8.78 Å². The molecule has 0 aliphatic heterocycles. The molecule has 1 atom stereocenters. The predicted molar refractivity (Wildman–Crippen MR) is 64.6 cm³/mol. The maximum atomic E-state index is 13.6. The number of hydrogen-bond donors (Lipinski definition) is 1. The molecule has 0 radical (unpaired) electrons. The Bertz CT molecular complexity index is 408. The van der Waals surface area contributed by atoms with Crippen LogP contribution in [0.15, 0.2) is 18.2 Å². The van der Waals surface area contributed by atoms with Crippen molar-refractivity contribution in [2.24, 2.45) is 11.1 Å². The van der Waals surface area contributed by atoms with E-state index in [2.05, 4.69) is 13.8 Å². The molecule has 3 heteroatoms. The molecule has 1 aromatic carbocycles. The zero-order valence-corrected chi connectivity index (χ0v) is 10.4. The first kappa shape index (κ1) is 12.5. The first-order valence-electron chi connectivity index (χ1n) is 6.07. The molecule has 1 nitrogen and oxygen atoms in total. The lowest BCUT2D eigenvalue weighted by Gasteiger charge is -2.38. The molecule has 1 fully saturated rings. The van der Waals surface area contributed by atoms with Gasteiger partial charge in [0.15, 0.2) is 0 Å². The summed E-state index contributed by atoms with van der Waals surface area (Å²) in [6.07, 6.45) is 3.14. The van der Waals surface area contributed by atoms with Gasteiger partial charge >= 0.3 is 0 Å². The molecule has 2 rings (SSSR count). The number of rotatable bonds is 2. The lowest BCUT2D eigenvalue weighted by molar-refractivity contribution is 0.203. The van der Waals surface area contributed by atoms with E-state index in [9.17, 15) is 8.78 Å². The summed E-state index contributed by atoms with van der Waals surface area (Å²) in [7, 11) is 0. The molecule has 1 aliphatic carbocycles. The van der Waals surface area contributed by atoms with Crippen molar-refractivity contribution in [3.63, 3.8) is 0 Å². The molecule has 17 heavy (non-hydrogen) atoms. The van der Waals surface area contributed by atoms with Crippen molar-refractivity contribution in [3.8, 4) is 0 Å². The highest BCUT2D eigenvalue weighted by atomic mass is 19.1. The minimum absolute atomic E-state index is 0.0677. The summed E-state index contributed by atoms with van der Waals surface area (Å²) in [6.45, 7) is 4.16. The van der Waals surface area contributed by atoms with E-state index in [0.717, 1.165) is 19.3 Å². The summed E-state index contributed by atoms with van der Waals surface area (Å²) in [6, 6.07) is 3.98. The van der Waals surface area contributed by atoms with Gasteiger partial charge < -0.3 is 5.73 Å². The van der Waals surface area contributed by atoms with E-state index >= 15 is 0 Å². The molecule has 0 amide bonds. The Morgan fingerprint density at radius 3 is 2.24 bits per heavy atom. The second-order valence-corrected chi connectivity index (χ2v) is 5.77. The maximum absolute atomic E-state index is 13.6. The fourth-order valence-electron chi connectivity index (χ4n) is 2.78. The zero-order valence-electron chi connectivity index (χ0n) is 10.4. The molecule has 94 valence electrons. The normalized spacial score (nSPS) is 27.4. The molecule has 0 bridgehead atoms. The molecule has 0 saturated heterocycles. The monoisotopic (exact) mass is 239 g/mol. The van der Waals surface area contributed by atoms with Crippen LogP contribution in [0.2, 0.25) is 0 Å². The van der Waals surface area contributed by atoms with Crippen LogP contribution in [-0.4, -0.2) is 5.54 Å². The first-order chi connectivity index (χ1) is 7.86. The van der Waals surface area contributed by atoms with Crippen LogP contribution >= 0.6 is 0 Å². The molecular formula is C14H19F2N. The van der Waals surface area contributed by atoms with Crippen LogP contribution in [0.25, 0.3) is 0 Å². The van der Waals surface area contributed by atoms with E-state index in [1.807, 2.05) is 0 Å². The average molecular weight is 239 g/mol. The number of nitrogens with two attached hydrogens (primary N) is 1. The first-order valence-corrected chi connectivity index (χ1v) is 6.07. The Morgan fingerprint density at radius 2 is 1.76 bits per heavy atom. The lowest BCUT2D eigenvalue weighted by Crippen LogP contribution is -2.50. The lowest BCUT2D eigenvalue weighted by atomic mass is 9.72. The van der Waals surface area contributed by atoms with Crippen LogP contribution < -0.4 is 5.73 Å². The minimum atomic E-state index is -0.504. The van der Waals surface area contributed by atoms with Gasteiger partial charge in [-0.15, -0.1) is 0 Å². The van der Waals surface area contributed by atoms with Gasteiger partial charge in [-0.05, 0) is 36.8 Å². The fraction of sp³-hybridized carbons (Fsp3) is 0.571. The van der Waals surface area contributed by atoms with Gasteiger partial charge in [0.2, 0.25) is 0 Å². The highest BCUT2D eigenvalue weighted by Crippen LogP contribution is 2.46. The second-order valence-electron chi connectivity index (χ2n) is 5.77. The van der Waals surface area contributed by atoms with Crippen molar-refractivity contribution in [2.45, 2.75) is 45.1 Å². The number of hydrogen-bond acceptors (Lipinski definition) is 1. The zero-order chi connectivity index (χ0) is 12.7. The Morgan fingerprint density at radius 1 is 1.18 bits per heavy atom. The Hall–Kier alpha value is -0.960.